The summed E-state index contributed by atoms with van der Waals surface area (Å²) in [6, 6.07) is 0. The van der Waals surface area contributed by atoms with E-state index in [1.165, 1.54) is 57.8 Å². The molecule has 2 heteroatoms. The minimum atomic E-state index is -1.10. The zero-order valence-electron chi connectivity index (χ0n) is 15.7. The molecule has 4 aliphatic rings. The van der Waals surface area contributed by atoms with E-state index in [1.54, 1.807) is 0 Å². The van der Waals surface area contributed by atoms with Gasteiger partial charge in [0.15, 0.2) is 0 Å². The first-order valence-electron chi connectivity index (χ1n) is 9.69. The molecule has 134 valence electrons. The van der Waals surface area contributed by atoms with Gasteiger partial charge in [-0.25, -0.2) is 0 Å². The van der Waals surface area contributed by atoms with Crippen LogP contribution in [0.25, 0.3) is 0 Å². The summed E-state index contributed by atoms with van der Waals surface area (Å²) in [6.07, 6.45) is 23.0. The first-order valence-corrected chi connectivity index (χ1v) is 13.2. The Balaban J connectivity index is 0.000000300. The van der Waals surface area contributed by atoms with Gasteiger partial charge in [-0.2, -0.15) is 0 Å². The molecular formula is C22H33CoSi. The van der Waals surface area contributed by atoms with Crippen molar-refractivity contribution in [3.8, 4) is 0 Å². The molecular weight excluding hydrogens is 351 g/mol. The predicted octanol–water partition coefficient (Wildman–Crippen LogP) is 6.94. The van der Waals surface area contributed by atoms with Crippen molar-refractivity contribution in [3.63, 3.8) is 0 Å². The first kappa shape index (κ1) is 20.0. The van der Waals surface area contributed by atoms with Crippen LogP contribution in [0.5, 0.6) is 0 Å². The summed E-state index contributed by atoms with van der Waals surface area (Å²) in [5.74, 6) is 0.956. The molecule has 0 nitrogen and oxygen atoms in total. The number of hydrogen-bond acceptors (Lipinski definition) is 0. The van der Waals surface area contributed by atoms with Crippen molar-refractivity contribution in [1.29, 1.82) is 0 Å². The fourth-order valence-electron chi connectivity index (χ4n) is 4.75. The fraction of sp³-hybridized carbons (Fsp3) is 0.591. The van der Waals surface area contributed by atoms with Gasteiger partial charge in [0.25, 0.3) is 0 Å². The van der Waals surface area contributed by atoms with Gasteiger partial charge >= 0.3 is 0 Å². The molecule has 24 heavy (non-hydrogen) atoms. The van der Waals surface area contributed by atoms with E-state index in [1.807, 2.05) is 52.6 Å². The Morgan fingerprint density at radius 1 is 0.792 bits per heavy atom. The SMILES string of the molecule is C[Si](C)(C)C1=C2CCCCC2=C2CCCCC2C1.[CH]1C=CC=C1.[Co]. The maximum Gasteiger partial charge on any atom is 0.0728 e. The Kier molecular flexibility index (Phi) is 7.39. The summed E-state index contributed by atoms with van der Waals surface area (Å²) in [6.45, 7) is 7.69. The standard InChI is InChI=1S/C17H28Si.C5H5.Co/c1-18(2,3)17-12-13-8-4-5-9-14(13)15-10-6-7-11-16(15)17;1-2-4-5-3-1;/h13H,4-12H2,1-3H3;1-5H;. The van der Waals surface area contributed by atoms with Crippen LogP contribution in [-0.2, 0) is 16.8 Å². The van der Waals surface area contributed by atoms with E-state index in [4.69, 9.17) is 0 Å². The van der Waals surface area contributed by atoms with Crippen LogP contribution in [0.4, 0.5) is 0 Å². The molecule has 2 radical (unpaired) electrons. The largest absolute Gasteiger partial charge is 0.0771 e. The van der Waals surface area contributed by atoms with Crippen LogP contribution in [-0.4, -0.2) is 8.07 Å². The molecule has 4 aliphatic carbocycles. The number of rotatable bonds is 1. The second kappa shape index (κ2) is 8.87. The van der Waals surface area contributed by atoms with Crippen LogP contribution in [0.1, 0.15) is 57.8 Å². The maximum atomic E-state index is 2.56. The van der Waals surface area contributed by atoms with Crippen molar-refractivity contribution in [2.45, 2.75) is 77.4 Å². The Labute approximate surface area is 160 Å². The molecule has 0 amide bonds. The minimum Gasteiger partial charge on any atom is -0.0771 e. The number of fused-ring (bicyclic) bond motifs is 2. The van der Waals surface area contributed by atoms with E-state index in [-0.39, 0.29) is 16.8 Å². The van der Waals surface area contributed by atoms with Crippen molar-refractivity contribution < 1.29 is 16.8 Å². The number of hydrogen-bond donors (Lipinski definition) is 0. The Morgan fingerprint density at radius 2 is 1.42 bits per heavy atom. The van der Waals surface area contributed by atoms with Gasteiger partial charge in [0.2, 0.25) is 0 Å². The van der Waals surface area contributed by atoms with Gasteiger partial charge in [0.05, 0.1) is 8.07 Å². The second-order valence-corrected chi connectivity index (χ2v) is 13.6. The van der Waals surface area contributed by atoms with Crippen molar-refractivity contribution in [1.82, 2.24) is 0 Å². The molecule has 1 atom stereocenters. The smallest absolute Gasteiger partial charge is 0.0728 e. The summed E-state index contributed by atoms with van der Waals surface area (Å²) in [4.78, 5) is 0. The molecule has 0 aliphatic heterocycles. The first-order chi connectivity index (χ1) is 11.1. The van der Waals surface area contributed by atoms with E-state index >= 15 is 0 Å². The number of allylic oxidation sites excluding steroid dienone is 8. The van der Waals surface area contributed by atoms with E-state index < -0.39 is 8.07 Å². The average Bonchev–Trinajstić information content (AvgIpc) is 3.13. The molecule has 0 aromatic heterocycles. The molecule has 1 unspecified atom stereocenters. The third-order valence-corrected chi connectivity index (χ3v) is 8.19. The Bertz CT molecular complexity index is 547. The van der Waals surface area contributed by atoms with Crippen molar-refractivity contribution in [3.05, 3.63) is 52.6 Å². The molecule has 0 aromatic carbocycles. The Hall–Kier alpha value is -0.317. The molecule has 0 heterocycles. The Morgan fingerprint density at radius 3 is 2.00 bits per heavy atom. The molecule has 4 rings (SSSR count). The van der Waals surface area contributed by atoms with Gasteiger partial charge in [-0.3, -0.25) is 0 Å². The van der Waals surface area contributed by atoms with E-state index in [9.17, 15) is 0 Å². The zero-order valence-corrected chi connectivity index (χ0v) is 17.7. The van der Waals surface area contributed by atoms with Gasteiger partial charge in [-0.1, -0.05) is 61.1 Å². The second-order valence-electron chi connectivity index (χ2n) is 8.53. The van der Waals surface area contributed by atoms with Crippen molar-refractivity contribution >= 4 is 8.07 Å². The molecule has 0 saturated heterocycles. The van der Waals surface area contributed by atoms with E-state index in [0.29, 0.717) is 0 Å². The van der Waals surface area contributed by atoms with Crippen molar-refractivity contribution in [2.75, 3.05) is 0 Å². The van der Waals surface area contributed by atoms with Crippen LogP contribution in [0, 0.1) is 12.3 Å². The molecule has 2 fully saturated rings. The van der Waals surface area contributed by atoms with E-state index in [2.05, 4.69) is 19.6 Å². The van der Waals surface area contributed by atoms with Crippen molar-refractivity contribution in [2.24, 2.45) is 5.92 Å². The maximum absolute atomic E-state index is 2.56. The third kappa shape index (κ3) is 4.65. The van der Waals surface area contributed by atoms with Gasteiger partial charge in [-0.05, 0) is 68.4 Å². The van der Waals surface area contributed by atoms with Gasteiger partial charge < -0.3 is 0 Å². The summed E-state index contributed by atoms with van der Waals surface area (Å²) < 4.78 is 0. The van der Waals surface area contributed by atoms with Gasteiger partial charge in [0, 0.05) is 23.2 Å². The normalized spacial score (nSPS) is 25.5. The summed E-state index contributed by atoms with van der Waals surface area (Å²) >= 11 is 0. The molecule has 0 aromatic rings. The molecule has 0 N–H and O–H groups in total. The molecule has 0 spiro atoms. The monoisotopic (exact) mass is 384 g/mol. The topological polar surface area (TPSA) is 0 Å². The van der Waals surface area contributed by atoms with Crippen LogP contribution in [0.2, 0.25) is 19.6 Å². The predicted molar refractivity (Wildman–Crippen MR) is 105 cm³/mol. The minimum absolute atomic E-state index is 0. The van der Waals surface area contributed by atoms with Crippen LogP contribution < -0.4 is 0 Å². The van der Waals surface area contributed by atoms with Crippen LogP contribution in [0.3, 0.4) is 0 Å². The van der Waals surface area contributed by atoms with E-state index in [0.717, 1.165) is 5.92 Å². The summed E-state index contributed by atoms with van der Waals surface area (Å²) in [5.41, 5.74) is 5.65. The summed E-state index contributed by atoms with van der Waals surface area (Å²) in [7, 11) is -1.10. The van der Waals surface area contributed by atoms with Gasteiger partial charge in [-0.15, -0.1) is 0 Å². The fourth-order valence-corrected chi connectivity index (χ4v) is 6.79. The van der Waals surface area contributed by atoms with Crippen LogP contribution in [0.15, 0.2) is 46.2 Å². The molecule has 2 saturated carbocycles. The van der Waals surface area contributed by atoms with Crippen LogP contribution >= 0.6 is 0 Å². The quantitative estimate of drug-likeness (QED) is 0.430. The van der Waals surface area contributed by atoms with Gasteiger partial charge in [0.1, 0.15) is 0 Å². The third-order valence-electron chi connectivity index (χ3n) is 5.87. The summed E-state index contributed by atoms with van der Waals surface area (Å²) in [5, 5.41) is 1.95. The zero-order chi connectivity index (χ0) is 16.3. The molecule has 0 bridgehead atoms. The average molecular weight is 385 g/mol.